The van der Waals surface area contributed by atoms with Crippen LogP contribution in [0.4, 0.5) is 0 Å². The number of benzene rings is 1. The summed E-state index contributed by atoms with van der Waals surface area (Å²) in [6.45, 7) is -0.242. The number of aromatic hydroxyl groups is 1. The van der Waals surface area contributed by atoms with Gasteiger partial charge in [0.15, 0.2) is 5.96 Å². The number of aliphatic carboxylic acids is 1. The number of guanidine groups is 1. The number of phenols is 1. The van der Waals surface area contributed by atoms with Gasteiger partial charge >= 0.3 is 5.97 Å². The van der Waals surface area contributed by atoms with Crippen LogP contribution in [0.2, 0.25) is 0 Å². The number of carbonyl (C=O) groups excluding carboxylic acids is 6. The molecule has 12 N–H and O–H groups in total. The molecule has 0 aromatic heterocycles. The Morgan fingerprint density at radius 3 is 2.10 bits per heavy atom. The number of hydrogen-bond acceptors (Lipinski definition) is 9. The summed E-state index contributed by atoms with van der Waals surface area (Å²) < 4.78 is 0. The monoisotopic (exact) mass is 713 g/mol. The van der Waals surface area contributed by atoms with E-state index in [0.29, 0.717) is 37.8 Å². The van der Waals surface area contributed by atoms with Crippen LogP contribution in [-0.2, 0) is 40.0 Å². The first-order chi connectivity index (χ1) is 24.3. The zero-order chi connectivity index (χ0) is 37.8. The number of nitrogens with one attached hydrogen (secondary N) is 6. The zero-order valence-electron chi connectivity index (χ0n) is 28.2. The lowest BCUT2D eigenvalue weighted by molar-refractivity contribution is -0.141. The van der Waals surface area contributed by atoms with E-state index >= 15 is 0 Å². The second-order valence-corrected chi connectivity index (χ2v) is 11.8. The minimum Gasteiger partial charge on any atom is -0.508 e. The lowest BCUT2D eigenvalue weighted by atomic mass is 10.0. The van der Waals surface area contributed by atoms with Crippen LogP contribution in [0, 0.1) is 12.3 Å². The van der Waals surface area contributed by atoms with Crippen molar-refractivity contribution in [3.8, 4) is 18.1 Å². The number of amides is 6. The van der Waals surface area contributed by atoms with Crippen LogP contribution >= 0.6 is 0 Å². The first kappa shape index (κ1) is 41.3. The molecule has 0 bridgehead atoms. The van der Waals surface area contributed by atoms with Gasteiger partial charge in [-0.2, -0.15) is 0 Å². The van der Waals surface area contributed by atoms with Crippen molar-refractivity contribution in [2.75, 3.05) is 19.6 Å². The summed E-state index contributed by atoms with van der Waals surface area (Å²) in [6.07, 6.45) is 6.64. The highest BCUT2D eigenvalue weighted by Crippen LogP contribution is 2.13. The second kappa shape index (κ2) is 22.0. The number of rotatable bonds is 16. The number of nitrogens with zero attached hydrogens (tertiary/aromatic N) is 1. The van der Waals surface area contributed by atoms with Gasteiger partial charge in [-0.25, -0.2) is 0 Å². The summed E-state index contributed by atoms with van der Waals surface area (Å²) in [5.41, 5.74) is 11.3. The molecule has 1 heterocycles. The van der Waals surface area contributed by atoms with Crippen LogP contribution in [0.15, 0.2) is 29.3 Å². The molecule has 1 saturated heterocycles. The largest absolute Gasteiger partial charge is 0.508 e. The summed E-state index contributed by atoms with van der Waals surface area (Å²) in [7, 11) is 0. The highest BCUT2D eigenvalue weighted by atomic mass is 16.4. The second-order valence-electron chi connectivity index (χ2n) is 11.8. The Kier molecular flexibility index (Phi) is 17.8. The average Bonchev–Trinajstić information content (AvgIpc) is 3.07. The third-order valence-corrected chi connectivity index (χ3v) is 7.64. The van der Waals surface area contributed by atoms with Crippen molar-refractivity contribution in [3.63, 3.8) is 0 Å². The molecule has 1 aliphatic heterocycles. The van der Waals surface area contributed by atoms with Gasteiger partial charge in [0.2, 0.25) is 35.4 Å². The molecule has 18 heteroatoms. The summed E-state index contributed by atoms with van der Waals surface area (Å²) in [5, 5.41) is 34.3. The molecule has 0 radical (unpaired) electrons. The predicted octanol–water partition coefficient (Wildman–Crippen LogP) is -2.38. The maximum atomic E-state index is 13.8. The first-order valence-electron chi connectivity index (χ1n) is 16.5. The van der Waals surface area contributed by atoms with Gasteiger partial charge in [-0.05, 0) is 56.2 Å². The molecular formula is C33H47N9O9. The molecule has 51 heavy (non-hydrogen) atoms. The molecule has 1 aromatic rings. The van der Waals surface area contributed by atoms with Gasteiger partial charge in [0.25, 0.3) is 0 Å². The number of nitrogens with two attached hydrogens (primary N) is 2. The van der Waals surface area contributed by atoms with Crippen LogP contribution < -0.4 is 43.4 Å². The molecule has 6 amide bonds. The fraction of sp³-hybridized carbons (Fsp3) is 0.515. The van der Waals surface area contributed by atoms with Crippen molar-refractivity contribution in [1.82, 2.24) is 31.9 Å². The van der Waals surface area contributed by atoms with E-state index in [1.54, 1.807) is 0 Å². The Bertz CT molecular complexity index is 1460. The highest BCUT2D eigenvalue weighted by molar-refractivity contribution is 5.98. The maximum absolute atomic E-state index is 13.8. The normalized spacial score (nSPS) is 20.1. The fourth-order valence-corrected chi connectivity index (χ4v) is 5.00. The molecule has 278 valence electrons. The van der Waals surface area contributed by atoms with Crippen molar-refractivity contribution in [2.24, 2.45) is 16.5 Å². The van der Waals surface area contributed by atoms with E-state index in [1.165, 1.54) is 24.3 Å². The Morgan fingerprint density at radius 2 is 1.45 bits per heavy atom. The maximum Gasteiger partial charge on any atom is 0.305 e. The zero-order valence-corrected chi connectivity index (χ0v) is 28.2. The van der Waals surface area contributed by atoms with E-state index in [4.69, 9.17) is 17.9 Å². The number of phenolic OH excluding ortho intramolecular Hbond substituents is 1. The van der Waals surface area contributed by atoms with Crippen LogP contribution in [0.5, 0.6) is 5.75 Å². The van der Waals surface area contributed by atoms with Crippen molar-refractivity contribution in [2.45, 2.75) is 88.4 Å². The smallest absolute Gasteiger partial charge is 0.305 e. The number of carboxylic acid groups (broad SMARTS) is 1. The Morgan fingerprint density at radius 1 is 0.843 bits per heavy atom. The Labute approximate surface area is 295 Å². The third kappa shape index (κ3) is 16.4. The lowest BCUT2D eigenvalue weighted by Crippen LogP contribution is -2.58. The van der Waals surface area contributed by atoms with Crippen LogP contribution in [-0.4, -0.2) is 101 Å². The Balaban J connectivity index is 2.39. The van der Waals surface area contributed by atoms with Gasteiger partial charge in [-0.1, -0.05) is 12.1 Å². The van der Waals surface area contributed by atoms with Gasteiger partial charge in [0.1, 0.15) is 29.9 Å². The minimum atomic E-state index is -1.63. The van der Waals surface area contributed by atoms with Crippen molar-refractivity contribution < 1.29 is 43.8 Å². The fourth-order valence-electron chi connectivity index (χ4n) is 5.00. The number of terminal acetylenes is 1. The van der Waals surface area contributed by atoms with Gasteiger partial charge in [-0.3, -0.25) is 38.6 Å². The summed E-state index contributed by atoms with van der Waals surface area (Å²) in [5.74, 6) is -3.56. The van der Waals surface area contributed by atoms with Crippen molar-refractivity contribution in [3.05, 3.63) is 29.8 Å². The topological polar surface area (TPSA) is 297 Å². The molecule has 0 saturated carbocycles. The number of hydrogen-bond donors (Lipinski definition) is 10. The van der Waals surface area contributed by atoms with Gasteiger partial charge in [-0.15, -0.1) is 12.3 Å². The van der Waals surface area contributed by atoms with Gasteiger partial charge in [0.05, 0.1) is 13.0 Å². The summed E-state index contributed by atoms with van der Waals surface area (Å²) in [6, 6.07) is 0.344. The molecule has 0 aliphatic carbocycles. The van der Waals surface area contributed by atoms with Gasteiger partial charge in [0, 0.05) is 32.4 Å². The van der Waals surface area contributed by atoms with Crippen LogP contribution in [0.1, 0.15) is 63.4 Å². The standard InChI is InChI=1S/C33H47N9O9/c1-2-3-4-10-26(44)36-15-6-5-8-23-30(49)40-22(9-7-16-37-33(34)35)29(48)38-19-27(45)39-25(18-28(46)47)32(51)42-24(31(50)41-23)17-20-11-13-21(43)14-12-20/h1,11-14,22-25,43H,3-10,15-19H2,(H,36,44)(H,38,48)(H,39,45)(H,40,49)(H,41,50)(H,42,51)(H,46,47)(H4,34,35,37)/t22-,23-,24+,25-/m0/s1. The lowest BCUT2D eigenvalue weighted by Gasteiger charge is -2.26. The number of unbranched alkanes of at least 4 members (excludes halogenated alkanes) is 2. The number of carboxylic acids is 1. The van der Waals surface area contributed by atoms with E-state index in [2.05, 4.69) is 42.8 Å². The number of aliphatic imine (C=N–C) groups is 1. The van der Waals surface area contributed by atoms with E-state index < -0.39 is 72.6 Å². The molecule has 1 aromatic carbocycles. The highest BCUT2D eigenvalue weighted by Gasteiger charge is 2.33. The molecule has 18 nitrogen and oxygen atoms in total. The van der Waals surface area contributed by atoms with Crippen LogP contribution in [0.3, 0.4) is 0 Å². The molecular weight excluding hydrogens is 666 g/mol. The average molecular weight is 714 g/mol. The SMILES string of the molecule is C#CCCCC(=O)NCCCC[C@@H]1NC(=O)[C@@H](Cc2ccc(O)cc2)NC(=O)[C@H](CC(=O)O)NC(=O)CNC(=O)[C@H](CCCN=C(N)N)NC1=O. The first-order valence-corrected chi connectivity index (χ1v) is 16.5. The van der Waals surface area contributed by atoms with E-state index in [0.717, 1.165) is 0 Å². The van der Waals surface area contributed by atoms with E-state index in [9.17, 15) is 43.8 Å². The molecule has 4 atom stereocenters. The molecule has 0 spiro atoms. The molecule has 1 fully saturated rings. The number of carbonyl (C=O) groups is 7. The van der Waals surface area contributed by atoms with Crippen molar-refractivity contribution in [1.29, 1.82) is 0 Å². The van der Waals surface area contributed by atoms with Gasteiger partial charge < -0.3 is 53.6 Å². The summed E-state index contributed by atoms with van der Waals surface area (Å²) >= 11 is 0. The third-order valence-electron chi connectivity index (χ3n) is 7.64. The van der Waals surface area contributed by atoms with Crippen LogP contribution in [0.25, 0.3) is 0 Å². The minimum absolute atomic E-state index is 0.0352. The molecule has 1 aliphatic rings. The Hall–Kier alpha value is -5.86. The quantitative estimate of drug-likeness (QED) is 0.0373. The van der Waals surface area contributed by atoms with E-state index in [1.807, 2.05) is 0 Å². The van der Waals surface area contributed by atoms with Crippen molar-refractivity contribution >= 4 is 47.4 Å². The molecule has 2 rings (SSSR count). The summed E-state index contributed by atoms with van der Waals surface area (Å²) in [4.78, 5) is 94.2. The van der Waals surface area contributed by atoms with E-state index in [-0.39, 0.29) is 56.3 Å². The molecule has 0 unspecified atom stereocenters. The predicted molar refractivity (Wildman–Crippen MR) is 184 cm³/mol.